The van der Waals surface area contributed by atoms with Crippen LogP contribution in [0.1, 0.15) is 13.8 Å². The monoisotopic (exact) mass is 222 g/mol. The van der Waals surface area contributed by atoms with Gasteiger partial charge in [-0.3, -0.25) is 9.78 Å². The predicted molar refractivity (Wildman–Crippen MR) is 65.2 cm³/mol. The Hall–Kier alpha value is -1.78. The molecule has 0 fully saturated rings. The minimum Gasteiger partial charge on any atom is -0.396 e. The Kier molecular flexibility index (Phi) is 4.10. The average molecular weight is 222 g/mol. The lowest BCUT2D eigenvalue weighted by Gasteiger charge is -2.26. The smallest absolute Gasteiger partial charge is 0.242 e. The van der Waals surface area contributed by atoms with E-state index in [1.807, 2.05) is 25.8 Å². The molecule has 5 nitrogen and oxygen atoms in total. The zero-order valence-electron chi connectivity index (χ0n) is 9.90. The molecule has 0 spiro atoms. The van der Waals surface area contributed by atoms with Crippen LogP contribution in [-0.4, -0.2) is 30.5 Å². The number of pyridine rings is 1. The maximum Gasteiger partial charge on any atom is 0.242 e. The Balaban J connectivity index is 2.82. The lowest BCUT2D eigenvalue weighted by Crippen LogP contribution is -2.43. The quantitative estimate of drug-likeness (QED) is 0.783. The van der Waals surface area contributed by atoms with Crippen LogP contribution in [-0.2, 0) is 4.79 Å². The number of nitrogens with one attached hydrogen (secondary N) is 1. The normalized spacial score (nSPS) is 11.9. The Morgan fingerprint density at radius 1 is 1.69 bits per heavy atom. The minimum atomic E-state index is -0.260. The second-order valence-electron chi connectivity index (χ2n) is 3.62. The van der Waals surface area contributed by atoms with Crippen molar-refractivity contribution >= 4 is 17.3 Å². The molecule has 0 saturated carbocycles. The van der Waals surface area contributed by atoms with Crippen molar-refractivity contribution < 1.29 is 4.79 Å². The van der Waals surface area contributed by atoms with Crippen molar-refractivity contribution in [2.24, 2.45) is 0 Å². The van der Waals surface area contributed by atoms with Gasteiger partial charge in [0.2, 0.25) is 5.91 Å². The van der Waals surface area contributed by atoms with Gasteiger partial charge in [-0.1, -0.05) is 0 Å². The minimum absolute atomic E-state index is 0.0128. The molecule has 0 saturated heterocycles. The van der Waals surface area contributed by atoms with Gasteiger partial charge in [-0.15, -0.1) is 0 Å². The second kappa shape index (κ2) is 5.34. The third-order valence-corrected chi connectivity index (χ3v) is 2.52. The Bertz CT molecular complexity index is 367. The van der Waals surface area contributed by atoms with E-state index in [1.54, 1.807) is 18.5 Å². The van der Waals surface area contributed by atoms with Gasteiger partial charge in [0, 0.05) is 19.8 Å². The van der Waals surface area contributed by atoms with Crippen LogP contribution >= 0.6 is 0 Å². The van der Waals surface area contributed by atoms with E-state index in [-0.39, 0.29) is 11.9 Å². The van der Waals surface area contributed by atoms with Crippen molar-refractivity contribution in [3.63, 3.8) is 0 Å². The molecule has 1 atom stereocenters. The summed E-state index contributed by atoms with van der Waals surface area (Å²) in [4.78, 5) is 17.4. The van der Waals surface area contributed by atoms with Crippen LogP contribution < -0.4 is 16.0 Å². The molecule has 0 aromatic carbocycles. The topological polar surface area (TPSA) is 71.2 Å². The van der Waals surface area contributed by atoms with E-state index in [2.05, 4.69) is 10.3 Å². The van der Waals surface area contributed by atoms with Gasteiger partial charge in [-0.25, -0.2) is 0 Å². The van der Waals surface area contributed by atoms with Gasteiger partial charge in [0.05, 0.1) is 17.6 Å². The highest BCUT2D eigenvalue weighted by Crippen LogP contribution is 2.21. The number of hydrogen-bond acceptors (Lipinski definition) is 4. The first-order valence-electron chi connectivity index (χ1n) is 5.28. The third kappa shape index (κ3) is 2.62. The average Bonchev–Trinajstić information content (AvgIpc) is 2.28. The summed E-state index contributed by atoms with van der Waals surface area (Å²) >= 11 is 0. The molecule has 1 aromatic heterocycles. The van der Waals surface area contributed by atoms with Crippen LogP contribution in [0, 0.1) is 0 Å². The van der Waals surface area contributed by atoms with E-state index in [0.717, 1.165) is 5.69 Å². The van der Waals surface area contributed by atoms with Gasteiger partial charge in [0.1, 0.15) is 6.04 Å². The van der Waals surface area contributed by atoms with Gasteiger partial charge in [-0.05, 0) is 19.9 Å². The second-order valence-corrected chi connectivity index (χ2v) is 3.62. The fraction of sp³-hybridized carbons (Fsp3) is 0.455. The molecular formula is C11H18N4O. The number of nitrogens with zero attached hydrogens (tertiary/aromatic N) is 2. The summed E-state index contributed by atoms with van der Waals surface area (Å²) in [7, 11) is 1.84. The summed E-state index contributed by atoms with van der Waals surface area (Å²) in [5.74, 6) is -0.0128. The number of nitrogen functional groups attached to an aromatic ring is 1. The number of likely N-dealkylation sites (N-methyl/N-ethyl adjacent to an activating group) is 2. The number of nitrogens with two attached hydrogens (primary N) is 1. The molecule has 5 heteroatoms. The first-order chi connectivity index (χ1) is 7.57. The van der Waals surface area contributed by atoms with Gasteiger partial charge in [-0.2, -0.15) is 0 Å². The molecule has 3 N–H and O–H groups in total. The molecule has 0 aliphatic carbocycles. The number of carbonyl (C=O) groups excluding carboxylic acids is 1. The molecule has 1 heterocycles. The van der Waals surface area contributed by atoms with Crippen LogP contribution in [0.5, 0.6) is 0 Å². The summed E-state index contributed by atoms with van der Waals surface area (Å²) in [6.45, 7) is 4.36. The zero-order chi connectivity index (χ0) is 12.1. The summed E-state index contributed by atoms with van der Waals surface area (Å²) in [5, 5.41) is 2.78. The Labute approximate surface area is 95.7 Å². The van der Waals surface area contributed by atoms with E-state index >= 15 is 0 Å². The van der Waals surface area contributed by atoms with Crippen molar-refractivity contribution in [2.45, 2.75) is 19.9 Å². The summed E-state index contributed by atoms with van der Waals surface area (Å²) in [6.07, 6.45) is 3.24. The molecule has 1 aromatic rings. The van der Waals surface area contributed by atoms with E-state index in [4.69, 9.17) is 5.73 Å². The molecule has 0 bridgehead atoms. The lowest BCUT2D eigenvalue weighted by atomic mass is 10.2. The molecule has 0 aliphatic rings. The lowest BCUT2D eigenvalue weighted by molar-refractivity contribution is -0.121. The van der Waals surface area contributed by atoms with E-state index in [9.17, 15) is 4.79 Å². The Morgan fingerprint density at radius 3 is 2.94 bits per heavy atom. The van der Waals surface area contributed by atoms with E-state index < -0.39 is 0 Å². The maximum absolute atomic E-state index is 11.7. The summed E-state index contributed by atoms with van der Waals surface area (Å²) < 4.78 is 0. The molecule has 88 valence electrons. The van der Waals surface area contributed by atoms with Crippen LogP contribution in [0.25, 0.3) is 0 Å². The molecule has 0 aliphatic heterocycles. The first-order valence-corrected chi connectivity index (χ1v) is 5.28. The molecule has 1 rings (SSSR count). The first kappa shape index (κ1) is 12.3. The highest BCUT2D eigenvalue weighted by Gasteiger charge is 2.18. The number of hydrogen-bond donors (Lipinski definition) is 2. The SMILES string of the molecule is CCNC(=O)C(C)N(C)c1ccncc1N. The van der Waals surface area contributed by atoms with Crippen molar-refractivity contribution in [1.82, 2.24) is 10.3 Å². The molecule has 0 radical (unpaired) electrons. The molecule has 16 heavy (non-hydrogen) atoms. The van der Waals surface area contributed by atoms with Gasteiger partial charge in [0.15, 0.2) is 0 Å². The Morgan fingerprint density at radius 2 is 2.38 bits per heavy atom. The molecular weight excluding hydrogens is 204 g/mol. The van der Waals surface area contributed by atoms with Crippen molar-refractivity contribution in [3.8, 4) is 0 Å². The highest BCUT2D eigenvalue weighted by molar-refractivity contribution is 5.85. The van der Waals surface area contributed by atoms with Gasteiger partial charge in [0.25, 0.3) is 0 Å². The molecule has 1 unspecified atom stereocenters. The van der Waals surface area contributed by atoms with Crippen LogP contribution in [0.3, 0.4) is 0 Å². The van der Waals surface area contributed by atoms with Crippen molar-refractivity contribution in [3.05, 3.63) is 18.5 Å². The number of amides is 1. The maximum atomic E-state index is 11.7. The van der Waals surface area contributed by atoms with Crippen LogP contribution in [0.4, 0.5) is 11.4 Å². The van der Waals surface area contributed by atoms with E-state index in [0.29, 0.717) is 12.2 Å². The van der Waals surface area contributed by atoms with Gasteiger partial charge >= 0.3 is 0 Å². The molecule has 1 amide bonds. The highest BCUT2D eigenvalue weighted by atomic mass is 16.2. The number of carbonyl (C=O) groups is 1. The van der Waals surface area contributed by atoms with Crippen molar-refractivity contribution in [2.75, 3.05) is 24.2 Å². The fourth-order valence-corrected chi connectivity index (χ4v) is 1.43. The van der Waals surface area contributed by atoms with E-state index in [1.165, 1.54) is 0 Å². The summed E-state index contributed by atoms with van der Waals surface area (Å²) in [6, 6.07) is 1.54. The number of aromatic nitrogens is 1. The fourth-order valence-electron chi connectivity index (χ4n) is 1.43. The zero-order valence-corrected chi connectivity index (χ0v) is 9.90. The van der Waals surface area contributed by atoms with Gasteiger partial charge < -0.3 is 16.0 Å². The standard InChI is InChI=1S/C11H18N4O/c1-4-14-11(16)8(2)15(3)10-5-6-13-7-9(10)12/h5-8H,4,12H2,1-3H3,(H,14,16). The largest absolute Gasteiger partial charge is 0.396 e. The number of anilines is 2. The van der Waals surface area contributed by atoms with Crippen molar-refractivity contribution in [1.29, 1.82) is 0 Å². The van der Waals surface area contributed by atoms with Crippen LogP contribution in [0.15, 0.2) is 18.5 Å². The predicted octanol–water partition coefficient (Wildman–Crippen LogP) is 0.625. The van der Waals surface area contributed by atoms with Crippen LogP contribution in [0.2, 0.25) is 0 Å². The summed E-state index contributed by atoms with van der Waals surface area (Å²) in [5.41, 5.74) is 7.18. The third-order valence-electron chi connectivity index (χ3n) is 2.52. The number of rotatable bonds is 4.